The van der Waals surface area contributed by atoms with Crippen molar-refractivity contribution < 1.29 is 89.4 Å². The number of nitrogens with one attached hydrogen (secondary N) is 1. The molecule has 0 radical (unpaired) electrons. The van der Waals surface area contributed by atoms with Gasteiger partial charge in [0.15, 0.2) is 18.9 Å². The molecule has 19 nitrogen and oxygen atoms in total. The summed E-state index contributed by atoms with van der Waals surface area (Å²) in [6.07, 6.45) is 10.9. The Morgan fingerprint density at radius 2 is 0.972 bits per heavy atom. The molecule has 3 aliphatic rings. The third-order valence-electron chi connectivity index (χ3n) is 12.8. The van der Waals surface area contributed by atoms with Crippen LogP contribution in [0.2, 0.25) is 0 Å². The fourth-order valence-corrected chi connectivity index (χ4v) is 8.47. The van der Waals surface area contributed by atoms with Crippen molar-refractivity contribution in [2.45, 2.75) is 234 Å². The van der Waals surface area contributed by atoms with E-state index in [2.05, 4.69) is 67.8 Å². The lowest BCUT2D eigenvalue weighted by molar-refractivity contribution is -0.379. The minimum absolute atomic E-state index is 0.212. The molecule has 12 N–H and O–H groups in total. The van der Waals surface area contributed by atoms with E-state index in [1.807, 2.05) is 6.08 Å². The monoisotopic (exact) mass is 1020 g/mol. The Morgan fingerprint density at radius 1 is 0.521 bits per heavy atom. The van der Waals surface area contributed by atoms with E-state index in [0.29, 0.717) is 6.42 Å². The van der Waals surface area contributed by atoms with Crippen molar-refractivity contribution >= 4 is 5.91 Å². The van der Waals surface area contributed by atoms with E-state index in [-0.39, 0.29) is 18.9 Å². The number of carbonyl (C=O) groups is 1. The maximum absolute atomic E-state index is 13.2. The van der Waals surface area contributed by atoms with E-state index in [1.165, 1.54) is 25.7 Å². The summed E-state index contributed by atoms with van der Waals surface area (Å²) in [5, 5.41) is 119. The highest BCUT2D eigenvalue weighted by Crippen LogP contribution is 2.33. The molecule has 410 valence electrons. The molecule has 3 aliphatic heterocycles. The first-order valence-electron chi connectivity index (χ1n) is 26.0. The van der Waals surface area contributed by atoms with Crippen LogP contribution in [0.5, 0.6) is 0 Å². The van der Waals surface area contributed by atoms with Crippen LogP contribution in [0.15, 0.2) is 60.8 Å². The summed E-state index contributed by atoms with van der Waals surface area (Å²) in [5.41, 5.74) is 0. The van der Waals surface area contributed by atoms with Gasteiger partial charge in [0.2, 0.25) is 5.91 Å². The van der Waals surface area contributed by atoms with E-state index in [0.717, 1.165) is 77.0 Å². The smallest absolute Gasteiger partial charge is 0.220 e. The molecule has 17 atom stereocenters. The van der Waals surface area contributed by atoms with Crippen LogP contribution in [0.25, 0.3) is 0 Å². The summed E-state index contributed by atoms with van der Waals surface area (Å²) in [4.78, 5) is 13.2. The topological polar surface area (TPSA) is 307 Å². The van der Waals surface area contributed by atoms with Crippen molar-refractivity contribution in [2.24, 2.45) is 0 Å². The SMILES string of the molecule is CC/C=C\C/C=C\C/C=C\C/C=C\CCCCCCC(=O)NC(COC1OC(CO)C(OC2OC(CO)C(OC3OC(CO)C(O)C(O)C3O)C(O)C2O)C(O)C1O)C(O)/C=C/CCCCCCCCC. The van der Waals surface area contributed by atoms with E-state index in [1.54, 1.807) is 6.08 Å². The zero-order chi connectivity index (χ0) is 52.0. The van der Waals surface area contributed by atoms with Crippen LogP contribution in [0, 0.1) is 0 Å². The van der Waals surface area contributed by atoms with Crippen molar-refractivity contribution in [3.63, 3.8) is 0 Å². The van der Waals surface area contributed by atoms with Crippen molar-refractivity contribution in [1.29, 1.82) is 0 Å². The van der Waals surface area contributed by atoms with Gasteiger partial charge in [-0.3, -0.25) is 4.79 Å². The first-order chi connectivity index (χ1) is 34.3. The molecule has 0 saturated carbocycles. The van der Waals surface area contributed by atoms with Crippen LogP contribution in [-0.4, -0.2) is 193 Å². The molecule has 0 bridgehead atoms. The Bertz CT molecular complexity index is 1540. The third kappa shape index (κ3) is 22.1. The molecule has 71 heavy (non-hydrogen) atoms. The molecule has 3 rings (SSSR count). The van der Waals surface area contributed by atoms with Gasteiger partial charge in [-0.1, -0.05) is 126 Å². The average Bonchev–Trinajstić information content (AvgIpc) is 3.36. The number of carbonyl (C=O) groups excluding carboxylic acids is 1. The van der Waals surface area contributed by atoms with Crippen LogP contribution in [0.1, 0.15) is 129 Å². The molecule has 1 amide bonds. The van der Waals surface area contributed by atoms with Gasteiger partial charge >= 0.3 is 0 Å². The fraction of sp³-hybridized carbons (Fsp3) is 0.788. The number of rotatable bonds is 35. The minimum atomic E-state index is -1.98. The summed E-state index contributed by atoms with van der Waals surface area (Å²) < 4.78 is 34.0. The quantitative estimate of drug-likeness (QED) is 0.0320. The van der Waals surface area contributed by atoms with Gasteiger partial charge < -0.3 is 89.9 Å². The van der Waals surface area contributed by atoms with Gasteiger partial charge in [0.1, 0.15) is 73.2 Å². The zero-order valence-electron chi connectivity index (χ0n) is 41.9. The summed E-state index contributed by atoms with van der Waals surface area (Å²) in [6.45, 7) is 1.50. The molecule has 3 heterocycles. The Kier molecular flexibility index (Phi) is 32.2. The van der Waals surface area contributed by atoms with E-state index in [4.69, 9.17) is 28.4 Å². The molecule has 0 aromatic carbocycles. The molecule has 0 spiro atoms. The molecule has 19 heteroatoms. The number of unbranched alkanes of at least 4 members (excludes halogenated alkanes) is 11. The van der Waals surface area contributed by atoms with Gasteiger partial charge in [-0.25, -0.2) is 0 Å². The van der Waals surface area contributed by atoms with Crippen molar-refractivity contribution in [1.82, 2.24) is 5.32 Å². The minimum Gasteiger partial charge on any atom is -0.394 e. The summed E-state index contributed by atoms with van der Waals surface area (Å²) in [7, 11) is 0. The van der Waals surface area contributed by atoms with E-state index >= 15 is 0 Å². The van der Waals surface area contributed by atoms with Crippen molar-refractivity contribution in [3.05, 3.63) is 60.8 Å². The number of aliphatic hydroxyl groups excluding tert-OH is 11. The summed E-state index contributed by atoms with van der Waals surface area (Å²) in [6, 6.07) is -0.985. The predicted octanol–water partition coefficient (Wildman–Crippen LogP) is 2.14. The number of ether oxygens (including phenoxy) is 6. The van der Waals surface area contributed by atoms with Crippen molar-refractivity contribution in [3.8, 4) is 0 Å². The maximum atomic E-state index is 13.2. The normalized spacial score (nSPS) is 32.8. The first-order valence-corrected chi connectivity index (χ1v) is 26.0. The van der Waals surface area contributed by atoms with Crippen LogP contribution < -0.4 is 5.32 Å². The number of hydrogen-bond donors (Lipinski definition) is 12. The number of hydrogen-bond acceptors (Lipinski definition) is 18. The molecule has 3 saturated heterocycles. The van der Waals surface area contributed by atoms with Gasteiger partial charge in [0.05, 0.1) is 38.6 Å². The zero-order valence-corrected chi connectivity index (χ0v) is 41.9. The van der Waals surface area contributed by atoms with Crippen LogP contribution in [0.4, 0.5) is 0 Å². The average molecular weight is 1020 g/mol. The second kappa shape index (κ2) is 36.4. The first kappa shape index (κ1) is 62.8. The van der Waals surface area contributed by atoms with Crippen molar-refractivity contribution in [2.75, 3.05) is 26.4 Å². The Balaban J connectivity index is 1.55. The molecular weight excluding hydrogens is 927 g/mol. The van der Waals surface area contributed by atoms with Gasteiger partial charge in [-0.2, -0.15) is 0 Å². The highest BCUT2D eigenvalue weighted by atomic mass is 16.8. The lowest BCUT2D eigenvalue weighted by atomic mass is 9.96. The van der Waals surface area contributed by atoms with Gasteiger partial charge in [0.25, 0.3) is 0 Å². The van der Waals surface area contributed by atoms with Crippen LogP contribution >= 0.6 is 0 Å². The second-order valence-corrected chi connectivity index (χ2v) is 18.6. The molecule has 17 unspecified atom stereocenters. The molecule has 0 aliphatic carbocycles. The Morgan fingerprint density at radius 3 is 1.52 bits per heavy atom. The van der Waals surface area contributed by atoms with Crippen LogP contribution in [-0.2, 0) is 33.2 Å². The molecule has 0 aromatic heterocycles. The molecular formula is C52H89NO18. The lowest BCUT2D eigenvalue weighted by Crippen LogP contribution is -2.66. The largest absolute Gasteiger partial charge is 0.394 e. The number of aliphatic hydroxyl groups is 11. The Hall–Kier alpha value is -2.51. The number of amides is 1. The summed E-state index contributed by atoms with van der Waals surface area (Å²) in [5.74, 6) is -0.306. The van der Waals surface area contributed by atoms with Gasteiger partial charge in [0, 0.05) is 6.42 Å². The standard InChI is InChI=1S/C52H89NO18/c1-3-5-7-9-11-13-14-15-16-17-18-19-20-22-24-26-28-30-40(58)53-35(36(57)29-27-25-23-21-12-10-8-6-4-2)34-66-50-46(64)43(61)48(38(32-55)68-50)71-52-47(65)44(62)49(39(33-56)69-52)70-51-45(63)42(60)41(59)37(31-54)67-51/h5,7,11,13,15-16,18-19,27,29,35-39,41-52,54-57,59-65H,3-4,6,8-10,12,14,17,20-26,28,30-34H2,1-2H3,(H,53,58)/b7-5-,13-11-,16-15-,19-18-,29-27+. The van der Waals surface area contributed by atoms with Crippen LogP contribution in [0.3, 0.4) is 0 Å². The Labute approximate surface area is 420 Å². The lowest BCUT2D eigenvalue weighted by Gasteiger charge is -2.48. The van der Waals surface area contributed by atoms with E-state index in [9.17, 15) is 61.0 Å². The highest BCUT2D eigenvalue weighted by molar-refractivity contribution is 5.76. The maximum Gasteiger partial charge on any atom is 0.220 e. The summed E-state index contributed by atoms with van der Waals surface area (Å²) >= 11 is 0. The second-order valence-electron chi connectivity index (χ2n) is 18.6. The molecule has 0 aromatic rings. The van der Waals surface area contributed by atoms with E-state index < -0.39 is 124 Å². The third-order valence-corrected chi connectivity index (χ3v) is 12.8. The van der Waals surface area contributed by atoms with Gasteiger partial charge in [-0.05, 0) is 57.8 Å². The number of allylic oxidation sites excluding steroid dienone is 9. The molecule has 3 fully saturated rings. The van der Waals surface area contributed by atoms with Gasteiger partial charge in [-0.15, -0.1) is 0 Å². The highest BCUT2D eigenvalue weighted by Gasteiger charge is 2.53. The predicted molar refractivity (Wildman–Crippen MR) is 263 cm³/mol. The fourth-order valence-electron chi connectivity index (χ4n) is 8.47.